The van der Waals surface area contributed by atoms with Gasteiger partial charge >= 0.3 is 0 Å². The van der Waals surface area contributed by atoms with Crippen LogP contribution in [0.1, 0.15) is 20.3 Å². The third-order valence-electron chi connectivity index (χ3n) is 3.20. The van der Waals surface area contributed by atoms with Crippen molar-refractivity contribution in [2.24, 2.45) is 5.92 Å². The van der Waals surface area contributed by atoms with Crippen LogP contribution in [0.3, 0.4) is 0 Å². The van der Waals surface area contributed by atoms with Crippen molar-refractivity contribution in [3.63, 3.8) is 0 Å². The Bertz CT molecular complexity index is 687. The third kappa shape index (κ3) is 4.84. The topological polar surface area (TPSA) is 85.4 Å². The van der Waals surface area contributed by atoms with Gasteiger partial charge in [-0.05, 0) is 30.2 Å². The van der Waals surface area contributed by atoms with Crippen LogP contribution in [0.15, 0.2) is 30.3 Å². The summed E-state index contributed by atoms with van der Waals surface area (Å²) < 4.78 is 10.5. The molecule has 128 valence electrons. The molecule has 1 heterocycles. The van der Waals surface area contributed by atoms with Gasteiger partial charge in [-0.15, -0.1) is 10.2 Å². The average Bonchev–Trinajstić information content (AvgIpc) is 2.56. The van der Waals surface area contributed by atoms with E-state index >= 15 is 0 Å². The summed E-state index contributed by atoms with van der Waals surface area (Å²) in [7, 11) is 3.18. The highest BCUT2D eigenvalue weighted by Crippen LogP contribution is 2.30. The Kier molecular flexibility index (Phi) is 5.95. The van der Waals surface area contributed by atoms with Crippen molar-refractivity contribution in [3.8, 4) is 11.5 Å². The minimum absolute atomic E-state index is 0.0724. The number of carbonyl (C=O) groups is 1. The quantitative estimate of drug-likeness (QED) is 0.811. The van der Waals surface area contributed by atoms with Gasteiger partial charge < -0.3 is 20.1 Å². The van der Waals surface area contributed by atoms with Crippen molar-refractivity contribution < 1.29 is 14.3 Å². The SMILES string of the molecule is COc1ccc(Nc2ccc(NC(=O)CC(C)C)nn2)c(OC)c1. The van der Waals surface area contributed by atoms with Crippen LogP contribution in [0.5, 0.6) is 11.5 Å². The van der Waals surface area contributed by atoms with Crippen molar-refractivity contribution in [2.75, 3.05) is 24.9 Å². The summed E-state index contributed by atoms with van der Waals surface area (Å²) >= 11 is 0. The predicted molar refractivity (Wildman–Crippen MR) is 92.9 cm³/mol. The molecule has 0 unspecified atom stereocenters. The zero-order chi connectivity index (χ0) is 17.5. The van der Waals surface area contributed by atoms with Gasteiger partial charge in [0.05, 0.1) is 19.9 Å². The van der Waals surface area contributed by atoms with E-state index in [-0.39, 0.29) is 5.91 Å². The molecule has 0 atom stereocenters. The lowest BCUT2D eigenvalue weighted by molar-refractivity contribution is -0.116. The fraction of sp³-hybridized carbons (Fsp3) is 0.353. The molecule has 2 aromatic rings. The highest BCUT2D eigenvalue weighted by atomic mass is 16.5. The molecule has 0 fully saturated rings. The second-order valence-electron chi connectivity index (χ2n) is 5.64. The molecule has 2 rings (SSSR count). The maximum Gasteiger partial charge on any atom is 0.225 e. The average molecular weight is 330 g/mol. The van der Waals surface area contributed by atoms with Crippen LogP contribution in [0.4, 0.5) is 17.3 Å². The summed E-state index contributed by atoms with van der Waals surface area (Å²) in [6.45, 7) is 3.97. The van der Waals surface area contributed by atoms with Gasteiger partial charge in [-0.3, -0.25) is 4.79 Å². The second kappa shape index (κ2) is 8.14. The van der Waals surface area contributed by atoms with Crippen LogP contribution in [0, 0.1) is 5.92 Å². The van der Waals surface area contributed by atoms with E-state index in [9.17, 15) is 4.79 Å². The Labute approximate surface area is 141 Å². The Balaban J connectivity index is 2.05. The van der Waals surface area contributed by atoms with E-state index in [0.717, 1.165) is 5.69 Å². The van der Waals surface area contributed by atoms with Crippen LogP contribution in [0.2, 0.25) is 0 Å². The molecule has 0 aliphatic rings. The lowest BCUT2D eigenvalue weighted by atomic mass is 10.1. The van der Waals surface area contributed by atoms with Crippen molar-refractivity contribution in [1.82, 2.24) is 10.2 Å². The summed E-state index contributed by atoms with van der Waals surface area (Å²) in [6.07, 6.45) is 0.449. The molecular formula is C17H22N4O3. The van der Waals surface area contributed by atoms with Crippen molar-refractivity contribution in [1.29, 1.82) is 0 Å². The maximum absolute atomic E-state index is 11.7. The molecule has 7 nitrogen and oxygen atoms in total. The van der Waals surface area contributed by atoms with Gasteiger partial charge in [0, 0.05) is 12.5 Å². The number of hydrogen-bond acceptors (Lipinski definition) is 6. The summed E-state index contributed by atoms with van der Waals surface area (Å²) in [5.74, 6) is 2.52. The van der Waals surface area contributed by atoms with Gasteiger partial charge in [-0.1, -0.05) is 13.8 Å². The molecule has 0 aliphatic heterocycles. The largest absolute Gasteiger partial charge is 0.497 e. The number of aromatic nitrogens is 2. The zero-order valence-corrected chi connectivity index (χ0v) is 14.3. The number of nitrogens with zero attached hydrogens (tertiary/aromatic N) is 2. The van der Waals surface area contributed by atoms with E-state index < -0.39 is 0 Å². The number of rotatable bonds is 7. The van der Waals surface area contributed by atoms with Crippen molar-refractivity contribution in [3.05, 3.63) is 30.3 Å². The van der Waals surface area contributed by atoms with Crippen molar-refractivity contribution in [2.45, 2.75) is 20.3 Å². The van der Waals surface area contributed by atoms with Gasteiger partial charge in [0.15, 0.2) is 11.6 Å². The van der Waals surface area contributed by atoms with E-state index in [1.807, 2.05) is 26.0 Å². The predicted octanol–water partition coefficient (Wildman–Crippen LogP) is 3.22. The Morgan fingerprint density at radius 1 is 1.08 bits per heavy atom. The number of methoxy groups -OCH3 is 2. The fourth-order valence-electron chi connectivity index (χ4n) is 2.07. The number of hydrogen-bond donors (Lipinski definition) is 2. The van der Waals surface area contributed by atoms with Crippen LogP contribution in [-0.2, 0) is 4.79 Å². The number of nitrogens with one attached hydrogen (secondary N) is 2. The summed E-state index contributed by atoms with van der Waals surface area (Å²) in [5.41, 5.74) is 0.740. The van der Waals surface area contributed by atoms with E-state index in [1.165, 1.54) is 0 Å². The Hall–Kier alpha value is -2.83. The standard InChI is InChI=1S/C17H22N4O3/c1-11(2)9-17(22)19-16-8-7-15(20-21-16)18-13-6-5-12(23-3)10-14(13)24-4/h5-8,10-11H,9H2,1-4H3,(H,18,20)(H,19,21,22). The molecule has 0 aliphatic carbocycles. The molecule has 7 heteroatoms. The molecule has 0 spiro atoms. The lowest BCUT2D eigenvalue weighted by Gasteiger charge is -2.12. The summed E-state index contributed by atoms with van der Waals surface area (Å²) in [6, 6.07) is 8.86. The van der Waals surface area contributed by atoms with E-state index in [4.69, 9.17) is 9.47 Å². The van der Waals surface area contributed by atoms with Gasteiger partial charge in [0.25, 0.3) is 0 Å². The smallest absolute Gasteiger partial charge is 0.225 e. The Morgan fingerprint density at radius 2 is 1.79 bits per heavy atom. The van der Waals surface area contributed by atoms with Gasteiger partial charge in [0.2, 0.25) is 5.91 Å². The number of carbonyl (C=O) groups excluding carboxylic acids is 1. The fourth-order valence-corrected chi connectivity index (χ4v) is 2.07. The molecule has 1 aromatic heterocycles. The summed E-state index contributed by atoms with van der Waals surface area (Å²) in [4.78, 5) is 11.7. The van der Waals surface area contributed by atoms with Gasteiger partial charge in [0.1, 0.15) is 11.5 Å². The number of benzene rings is 1. The summed E-state index contributed by atoms with van der Waals surface area (Å²) in [5, 5.41) is 13.9. The van der Waals surface area contributed by atoms with Crippen LogP contribution in [0.25, 0.3) is 0 Å². The number of ether oxygens (including phenoxy) is 2. The lowest BCUT2D eigenvalue weighted by Crippen LogP contribution is -2.15. The molecule has 0 saturated heterocycles. The minimum atomic E-state index is -0.0724. The van der Waals surface area contributed by atoms with Gasteiger partial charge in [-0.2, -0.15) is 0 Å². The van der Waals surface area contributed by atoms with E-state index in [2.05, 4.69) is 20.8 Å². The highest BCUT2D eigenvalue weighted by Gasteiger charge is 2.08. The first kappa shape index (κ1) is 17.5. The molecule has 0 radical (unpaired) electrons. The molecule has 0 saturated carbocycles. The number of amides is 1. The minimum Gasteiger partial charge on any atom is -0.497 e. The zero-order valence-electron chi connectivity index (χ0n) is 14.3. The maximum atomic E-state index is 11.7. The van der Waals surface area contributed by atoms with Crippen LogP contribution < -0.4 is 20.1 Å². The first-order valence-electron chi connectivity index (χ1n) is 7.64. The molecule has 1 aromatic carbocycles. The first-order chi connectivity index (χ1) is 11.5. The van der Waals surface area contributed by atoms with Crippen molar-refractivity contribution >= 4 is 23.2 Å². The molecular weight excluding hydrogens is 308 g/mol. The third-order valence-corrected chi connectivity index (χ3v) is 3.20. The second-order valence-corrected chi connectivity index (χ2v) is 5.64. The first-order valence-corrected chi connectivity index (χ1v) is 7.64. The van der Waals surface area contributed by atoms with E-state index in [1.54, 1.807) is 32.4 Å². The highest BCUT2D eigenvalue weighted by molar-refractivity contribution is 5.89. The Morgan fingerprint density at radius 3 is 2.38 bits per heavy atom. The molecule has 2 N–H and O–H groups in total. The number of anilines is 3. The van der Waals surface area contributed by atoms with Gasteiger partial charge in [-0.25, -0.2) is 0 Å². The van der Waals surface area contributed by atoms with Crippen LogP contribution in [-0.4, -0.2) is 30.3 Å². The van der Waals surface area contributed by atoms with E-state index in [0.29, 0.717) is 35.5 Å². The molecule has 0 bridgehead atoms. The molecule has 24 heavy (non-hydrogen) atoms. The van der Waals surface area contributed by atoms with Crippen LogP contribution >= 0.6 is 0 Å². The molecule has 1 amide bonds. The monoisotopic (exact) mass is 330 g/mol. The normalized spacial score (nSPS) is 10.4.